The van der Waals surface area contributed by atoms with Crippen LogP contribution in [0.4, 0.5) is 10.1 Å². The number of nitrogens with zero attached hydrogens (tertiary/aromatic N) is 1. The summed E-state index contributed by atoms with van der Waals surface area (Å²) < 4.78 is 47.1. The van der Waals surface area contributed by atoms with Crippen LogP contribution in [0.1, 0.15) is 18.9 Å². The van der Waals surface area contributed by atoms with E-state index in [1.165, 1.54) is 24.3 Å². The van der Waals surface area contributed by atoms with Crippen molar-refractivity contribution in [2.75, 3.05) is 24.0 Å². The number of halogens is 1. The number of carbonyl (C=O) groups is 1. The third-order valence-electron chi connectivity index (χ3n) is 5.48. The number of benzene rings is 3. The van der Waals surface area contributed by atoms with Gasteiger partial charge in [-0.05, 0) is 55.7 Å². The molecule has 3 aromatic rings. The molecule has 3 aromatic carbocycles. The molecule has 0 atom stereocenters. The summed E-state index contributed by atoms with van der Waals surface area (Å²) in [5.41, 5.74) is 2.22. The molecule has 0 bridgehead atoms. The minimum Gasteiger partial charge on any atom is -0.494 e. The van der Waals surface area contributed by atoms with Gasteiger partial charge in [0.1, 0.15) is 18.1 Å². The van der Waals surface area contributed by atoms with Crippen LogP contribution in [0, 0.1) is 5.82 Å². The quantitative estimate of drug-likeness (QED) is 0.504. The molecule has 4 rings (SSSR count). The van der Waals surface area contributed by atoms with Gasteiger partial charge in [0, 0.05) is 17.7 Å². The molecular formula is C25H25FN2O4S. The van der Waals surface area contributed by atoms with Crippen molar-refractivity contribution in [1.29, 1.82) is 0 Å². The summed E-state index contributed by atoms with van der Waals surface area (Å²) in [6.45, 7) is 2.51. The zero-order chi connectivity index (χ0) is 23.4. The van der Waals surface area contributed by atoms with E-state index in [2.05, 4.69) is 5.32 Å². The van der Waals surface area contributed by atoms with Crippen LogP contribution in [0.15, 0.2) is 71.6 Å². The molecule has 0 radical (unpaired) electrons. The van der Waals surface area contributed by atoms with Gasteiger partial charge in [0.2, 0.25) is 5.91 Å². The Labute approximate surface area is 193 Å². The standard InChI is InChI=1S/C25H25FN2O4S/c1-2-32-23-11-5-3-8-18(23)9-7-15-27-25(29)17-28-22-14-13-19(26)16-21(22)20-10-4-6-12-24(20)33(28,30)31/h3-6,8,10-14,16H,2,7,9,15,17H2,1H3,(H,27,29). The lowest BCUT2D eigenvalue weighted by Gasteiger charge is -2.31. The van der Waals surface area contributed by atoms with E-state index < -0.39 is 21.7 Å². The molecule has 33 heavy (non-hydrogen) atoms. The molecule has 0 saturated heterocycles. The van der Waals surface area contributed by atoms with Crippen molar-refractivity contribution in [3.05, 3.63) is 78.1 Å². The summed E-state index contributed by atoms with van der Waals surface area (Å²) in [4.78, 5) is 12.7. The molecule has 1 amide bonds. The Hall–Kier alpha value is -3.39. The largest absolute Gasteiger partial charge is 0.494 e. The minimum atomic E-state index is -3.96. The topological polar surface area (TPSA) is 75.7 Å². The van der Waals surface area contributed by atoms with Crippen LogP contribution < -0.4 is 14.4 Å². The van der Waals surface area contributed by atoms with E-state index in [4.69, 9.17) is 4.74 Å². The van der Waals surface area contributed by atoms with Gasteiger partial charge in [-0.15, -0.1) is 0 Å². The van der Waals surface area contributed by atoms with Crippen LogP contribution in [0.5, 0.6) is 5.75 Å². The molecule has 0 spiro atoms. The van der Waals surface area contributed by atoms with Gasteiger partial charge in [0.05, 0.1) is 17.2 Å². The maximum atomic E-state index is 13.9. The molecule has 0 aliphatic carbocycles. The predicted octanol–water partition coefficient (Wildman–Crippen LogP) is 4.15. The summed E-state index contributed by atoms with van der Waals surface area (Å²) in [6.07, 6.45) is 1.39. The number of hydrogen-bond donors (Lipinski definition) is 1. The van der Waals surface area contributed by atoms with Gasteiger partial charge in [0.25, 0.3) is 10.0 Å². The number of amides is 1. The summed E-state index contributed by atoms with van der Waals surface area (Å²) in [7, 11) is -3.96. The molecule has 6 nitrogen and oxygen atoms in total. The highest BCUT2D eigenvalue weighted by Crippen LogP contribution is 2.42. The van der Waals surface area contributed by atoms with Crippen molar-refractivity contribution in [3.63, 3.8) is 0 Å². The van der Waals surface area contributed by atoms with Crippen molar-refractivity contribution in [2.45, 2.75) is 24.7 Å². The van der Waals surface area contributed by atoms with Crippen molar-refractivity contribution in [2.24, 2.45) is 0 Å². The second kappa shape index (κ2) is 9.62. The van der Waals surface area contributed by atoms with Crippen molar-refractivity contribution < 1.29 is 22.3 Å². The minimum absolute atomic E-state index is 0.0587. The number of para-hydroxylation sites is 1. The van der Waals surface area contributed by atoms with Gasteiger partial charge >= 0.3 is 0 Å². The number of sulfonamides is 1. The third-order valence-corrected chi connectivity index (χ3v) is 7.30. The molecule has 0 fully saturated rings. The molecule has 0 aromatic heterocycles. The van der Waals surface area contributed by atoms with Crippen molar-refractivity contribution in [1.82, 2.24) is 5.32 Å². The van der Waals surface area contributed by atoms with Crippen LogP contribution in [0.25, 0.3) is 11.1 Å². The molecule has 0 unspecified atom stereocenters. The van der Waals surface area contributed by atoms with E-state index in [9.17, 15) is 17.6 Å². The van der Waals surface area contributed by atoms with Crippen LogP contribution >= 0.6 is 0 Å². The van der Waals surface area contributed by atoms with E-state index >= 15 is 0 Å². The van der Waals surface area contributed by atoms with E-state index in [1.807, 2.05) is 31.2 Å². The first kappa shape index (κ1) is 22.8. The van der Waals surface area contributed by atoms with Gasteiger partial charge in [0.15, 0.2) is 0 Å². The predicted molar refractivity (Wildman–Crippen MR) is 125 cm³/mol. The Morgan fingerprint density at radius 3 is 2.61 bits per heavy atom. The molecule has 1 N–H and O–H groups in total. The highest BCUT2D eigenvalue weighted by molar-refractivity contribution is 7.93. The summed E-state index contributed by atoms with van der Waals surface area (Å²) in [6, 6.07) is 18.1. The van der Waals surface area contributed by atoms with E-state index in [0.717, 1.165) is 15.6 Å². The summed E-state index contributed by atoms with van der Waals surface area (Å²) in [5.74, 6) is -0.0702. The lowest BCUT2D eigenvalue weighted by molar-refractivity contribution is -0.119. The number of ether oxygens (including phenoxy) is 1. The van der Waals surface area contributed by atoms with Gasteiger partial charge in [-0.2, -0.15) is 0 Å². The molecule has 172 valence electrons. The SMILES string of the molecule is CCOc1ccccc1CCCNC(=O)CN1c2ccc(F)cc2-c2ccccc2S1(=O)=O. The van der Waals surface area contributed by atoms with Gasteiger partial charge in [-0.3, -0.25) is 9.10 Å². The second-order valence-corrected chi connectivity index (χ2v) is 9.49. The average molecular weight is 469 g/mol. The van der Waals surface area contributed by atoms with Gasteiger partial charge < -0.3 is 10.1 Å². The van der Waals surface area contributed by atoms with Crippen LogP contribution in [-0.2, 0) is 21.2 Å². The molecule has 1 aliphatic heterocycles. The normalized spacial score (nSPS) is 13.7. The Balaban J connectivity index is 1.45. The highest BCUT2D eigenvalue weighted by Gasteiger charge is 2.35. The van der Waals surface area contributed by atoms with Gasteiger partial charge in [-0.1, -0.05) is 36.4 Å². The number of nitrogens with one attached hydrogen (secondary N) is 1. The maximum absolute atomic E-state index is 13.9. The first-order valence-corrected chi connectivity index (χ1v) is 12.2. The fraction of sp³-hybridized carbons (Fsp3) is 0.240. The number of rotatable bonds is 8. The Morgan fingerprint density at radius 2 is 1.79 bits per heavy atom. The Bertz CT molecular complexity index is 1280. The maximum Gasteiger partial charge on any atom is 0.265 e. The Kier molecular flexibility index (Phi) is 6.65. The molecular weight excluding hydrogens is 443 g/mol. The zero-order valence-electron chi connectivity index (χ0n) is 18.3. The molecule has 1 heterocycles. The molecule has 8 heteroatoms. The lowest BCUT2D eigenvalue weighted by Crippen LogP contribution is -2.42. The lowest BCUT2D eigenvalue weighted by atomic mass is 10.0. The zero-order valence-corrected chi connectivity index (χ0v) is 19.1. The van der Waals surface area contributed by atoms with Crippen LogP contribution in [0.2, 0.25) is 0 Å². The van der Waals surface area contributed by atoms with E-state index in [0.29, 0.717) is 37.1 Å². The number of carbonyl (C=O) groups excluding carboxylic acids is 1. The Morgan fingerprint density at radius 1 is 1.03 bits per heavy atom. The summed E-state index contributed by atoms with van der Waals surface area (Å²) >= 11 is 0. The first-order chi connectivity index (χ1) is 15.9. The van der Waals surface area contributed by atoms with Crippen molar-refractivity contribution >= 4 is 21.6 Å². The average Bonchev–Trinajstić information content (AvgIpc) is 2.81. The third kappa shape index (κ3) is 4.71. The number of aryl methyl sites for hydroxylation is 1. The number of anilines is 1. The van der Waals surface area contributed by atoms with Gasteiger partial charge in [-0.25, -0.2) is 12.8 Å². The van der Waals surface area contributed by atoms with E-state index in [-0.39, 0.29) is 17.1 Å². The van der Waals surface area contributed by atoms with Crippen LogP contribution in [0.3, 0.4) is 0 Å². The second-order valence-electron chi connectivity index (χ2n) is 7.66. The van der Waals surface area contributed by atoms with Crippen LogP contribution in [-0.4, -0.2) is 34.0 Å². The number of fused-ring (bicyclic) bond motifs is 3. The monoisotopic (exact) mass is 468 g/mol. The first-order valence-electron chi connectivity index (χ1n) is 10.8. The fourth-order valence-corrected chi connectivity index (χ4v) is 5.62. The summed E-state index contributed by atoms with van der Waals surface area (Å²) in [5, 5.41) is 2.80. The molecule has 1 aliphatic rings. The molecule has 0 saturated carbocycles. The van der Waals surface area contributed by atoms with E-state index in [1.54, 1.807) is 18.2 Å². The highest BCUT2D eigenvalue weighted by atomic mass is 32.2. The number of hydrogen-bond acceptors (Lipinski definition) is 4. The van der Waals surface area contributed by atoms with Crippen molar-refractivity contribution in [3.8, 4) is 16.9 Å². The smallest absolute Gasteiger partial charge is 0.265 e. The fourth-order valence-electron chi connectivity index (χ4n) is 3.97.